The van der Waals surface area contributed by atoms with Crippen LogP contribution in [0.25, 0.3) is 0 Å². The average Bonchev–Trinajstić information content (AvgIpc) is 2.46. The maximum atomic E-state index is 12.0. The first kappa shape index (κ1) is 16.5. The summed E-state index contributed by atoms with van der Waals surface area (Å²) in [5, 5.41) is 3.29. The molecule has 3 nitrogen and oxygen atoms in total. The van der Waals surface area contributed by atoms with E-state index in [1.54, 1.807) is 0 Å². The van der Waals surface area contributed by atoms with Crippen molar-refractivity contribution in [3.05, 3.63) is 0 Å². The molecule has 1 N–H and O–H groups in total. The van der Waals surface area contributed by atoms with E-state index in [0.717, 1.165) is 6.54 Å². The van der Waals surface area contributed by atoms with Crippen LogP contribution >= 0.6 is 0 Å². The molecule has 0 aromatic rings. The van der Waals surface area contributed by atoms with E-state index in [4.69, 9.17) is 0 Å². The fourth-order valence-electron chi connectivity index (χ4n) is 2.85. The lowest BCUT2D eigenvalue weighted by molar-refractivity contribution is -0.131. The molecule has 1 amide bonds. The van der Waals surface area contributed by atoms with Gasteiger partial charge in [0, 0.05) is 13.1 Å². The Kier molecular flexibility index (Phi) is 8.89. The highest BCUT2D eigenvalue weighted by Crippen LogP contribution is 2.21. The van der Waals surface area contributed by atoms with E-state index in [1.165, 1.54) is 64.2 Å². The number of rotatable bonds is 9. The van der Waals surface area contributed by atoms with Crippen molar-refractivity contribution in [1.29, 1.82) is 0 Å². The van der Waals surface area contributed by atoms with Crippen molar-refractivity contribution in [2.75, 3.05) is 20.1 Å². The second-order valence-electron chi connectivity index (χ2n) is 5.89. The number of hydrogen-bond acceptors (Lipinski definition) is 2. The molecule has 0 aromatic carbocycles. The Morgan fingerprint density at radius 1 is 1.11 bits per heavy atom. The fraction of sp³-hybridized carbons (Fsp3) is 0.938. The minimum atomic E-state index is 0.264. The molecule has 0 aromatic heterocycles. The molecule has 0 saturated heterocycles. The number of hydrogen-bond donors (Lipinski definition) is 1. The smallest absolute Gasteiger partial charge is 0.236 e. The lowest BCUT2D eigenvalue weighted by atomic mass is 9.94. The van der Waals surface area contributed by atoms with E-state index in [9.17, 15) is 4.79 Å². The van der Waals surface area contributed by atoms with Crippen molar-refractivity contribution in [1.82, 2.24) is 10.2 Å². The lowest BCUT2D eigenvalue weighted by Crippen LogP contribution is -2.43. The number of likely N-dealkylation sites (N-methyl/N-ethyl adjacent to an activating group) is 1. The van der Waals surface area contributed by atoms with Crippen molar-refractivity contribution in [2.24, 2.45) is 0 Å². The van der Waals surface area contributed by atoms with E-state index in [2.05, 4.69) is 12.2 Å². The molecule has 1 aliphatic rings. The third-order valence-corrected chi connectivity index (χ3v) is 4.25. The Morgan fingerprint density at radius 2 is 1.79 bits per heavy atom. The van der Waals surface area contributed by atoms with Gasteiger partial charge in [0.2, 0.25) is 5.91 Å². The number of amides is 1. The van der Waals surface area contributed by atoms with Crippen molar-refractivity contribution in [2.45, 2.75) is 77.2 Å². The van der Waals surface area contributed by atoms with E-state index >= 15 is 0 Å². The van der Waals surface area contributed by atoms with Gasteiger partial charge < -0.3 is 10.2 Å². The molecule has 0 heterocycles. The van der Waals surface area contributed by atoms with E-state index in [0.29, 0.717) is 12.6 Å². The molecule has 0 spiro atoms. The molecule has 19 heavy (non-hydrogen) atoms. The average molecular weight is 268 g/mol. The van der Waals surface area contributed by atoms with Crippen molar-refractivity contribution in [3.63, 3.8) is 0 Å². The van der Waals surface area contributed by atoms with E-state index < -0.39 is 0 Å². The highest BCUT2D eigenvalue weighted by atomic mass is 16.2. The second-order valence-corrected chi connectivity index (χ2v) is 5.89. The van der Waals surface area contributed by atoms with Gasteiger partial charge in [0.1, 0.15) is 0 Å². The molecule has 0 atom stereocenters. The van der Waals surface area contributed by atoms with Crippen LogP contribution < -0.4 is 5.32 Å². The van der Waals surface area contributed by atoms with Crippen LogP contribution in [-0.2, 0) is 4.79 Å². The molecule has 1 rings (SSSR count). The van der Waals surface area contributed by atoms with Crippen LogP contribution in [0.2, 0.25) is 0 Å². The van der Waals surface area contributed by atoms with E-state index in [1.807, 2.05) is 11.9 Å². The third kappa shape index (κ3) is 6.95. The number of unbranched alkanes of at least 4 members (excludes halogenated alkanes) is 4. The van der Waals surface area contributed by atoms with Gasteiger partial charge in [-0.2, -0.15) is 0 Å². The highest BCUT2D eigenvalue weighted by molar-refractivity contribution is 5.78. The van der Waals surface area contributed by atoms with E-state index in [-0.39, 0.29) is 5.91 Å². The SMILES string of the molecule is CCCCCCCNCC(=O)N(C)C1CCCCC1. The zero-order chi connectivity index (χ0) is 13.9. The van der Waals surface area contributed by atoms with Crippen LogP contribution in [0.4, 0.5) is 0 Å². The maximum absolute atomic E-state index is 12.0. The Balaban J connectivity index is 2.03. The van der Waals surface area contributed by atoms with Gasteiger partial charge in [0.25, 0.3) is 0 Å². The van der Waals surface area contributed by atoms with Crippen LogP contribution in [0.3, 0.4) is 0 Å². The Labute approximate surface area is 119 Å². The van der Waals surface area contributed by atoms with Gasteiger partial charge in [-0.1, -0.05) is 51.9 Å². The summed E-state index contributed by atoms with van der Waals surface area (Å²) in [5.74, 6) is 0.264. The number of nitrogens with one attached hydrogen (secondary N) is 1. The minimum Gasteiger partial charge on any atom is -0.342 e. The summed E-state index contributed by atoms with van der Waals surface area (Å²) >= 11 is 0. The molecule has 0 radical (unpaired) electrons. The first-order valence-electron chi connectivity index (χ1n) is 8.22. The van der Waals surface area contributed by atoms with Crippen LogP contribution in [0, 0.1) is 0 Å². The van der Waals surface area contributed by atoms with Crippen molar-refractivity contribution < 1.29 is 4.79 Å². The molecule has 0 unspecified atom stereocenters. The standard InChI is InChI=1S/C16H32N2O/c1-3-4-5-6-10-13-17-14-16(19)18(2)15-11-8-7-9-12-15/h15,17H,3-14H2,1-2H3. The predicted octanol–water partition coefficient (Wildman–Crippen LogP) is 3.34. The Bertz CT molecular complexity index is 237. The molecular weight excluding hydrogens is 236 g/mol. The molecule has 112 valence electrons. The van der Waals surface area contributed by atoms with Gasteiger partial charge in [-0.15, -0.1) is 0 Å². The molecule has 0 bridgehead atoms. The summed E-state index contributed by atoms with van der Waals surface area (Å²) in [4.78, 5) is 14.0. The molecule has 1 saturated carbocycles. The summed E-state index contributed by atoms with van der Waals surface area (Å²) in [7, 11) is 1.97. The summed E-state index contributed by atoms with van der Waals surface area (Å²) in [6.07, 6.45) is 12.7. The summed E-state index contributed by atoms with van der Waals surface area (Å²) in [6.45, 7) is 3.73. The maximum Gasteiger partial charge on any atom is 0.236 e. The molecule has 0 aliphatic heterocycles. The minimum absolute atomic E-state index is 0.264. The molecule has 1 aliphatic carbocycles. The first-order valence-corrected chi connectivity index (χ1v) is 8.22. The zero-order valence-corrected chi connectivity index (χ0v) is 12.9. The van der Waals surface area contributed by atoms with Gasteiger partial charge in [0.15, 0.2) is 0 Å². The molecule has 3 heteroatoms. The Hall–Kier alpha value is -0.570. The second kappa shape index (κ2) is 10.2. The van der Waals surface area contributed by atoms with Gasteiger partial charge >= 0.3 is 0 Å². The van der Waals surface area contributed by atoms with Gasteiger partial charge in [-0.3, -0.25) is 4.79 Å². The fourth-order valence-corrected chi connectivity index (χ4v) is 2.85. The van der Waals surface area contributed by atoms with Crippen molar-refractivity contribution >= 4 is 5.91 Å². The number of carbonyl (C=O) groups is 1. The highest BCUT2D eigenvalue weighted by Gasteiger charge is 2.21. The van der Waals surface area contributed by atoms with Crippen molar-refractivity contribution in [3.8, 4) is 0 Å². The van der Waals surface area contributed by atoms with Crippen LogP contribution in [0.1, 0.15) is 71.1 Å². The van der Waals surface area contributed by atoms with Crippen LogP contribution in [0.15, 0.2) is 0 Å². The third-order valence-electron chi connectivity index (χ3n) is 4.25. The zero-order valence-electron chi connectivity index (χ0n) is 12.9. The summed E-state index contributed by atoms with van der Waals surface area (Å²) in [6, 6.07) is 0.493. The molecule has 1 fully saturated rings. The topological polar surface area (TPSA) is 32.3 Å². The van der Waals surface area contributed by atoms with Gasteiger partial charge in [0.05, 0.1) is 6.54 Å². The monoisotopic (exact) mass is 268 g/mol. The number of carbonyl (C=O) groups excluding carboxylic acids is 1. The Morgan fingerprint density at radius 3 is 2.47 bits per heavy atom. The lowest BCUT2D eigenvalue weighted by Gasteiger charge is -2.31. The quantitative estimate of drug-likeness (QED) is 0.651. The predicted molar refractivity (Wildman–Crippen MR) is 81.3 cm³/mol. The summed E-state index contributed by atoms with van der Waals surface area (Å²) < 4.78 is 0. The van der Waals surface area contributed by atoms with Gasteiger partial charge in [-0.25, -0.2) is 0 Å². The van der Waals surface area contributed by atoms with Crippen LogP contribution in [0.5, 0.6) is 0 Å². The number of nitrogens with zero attached hydrogens (tertiary/aromatic N) is 1. The van der Waals surface area contributed by atoms with Crippen LogP contribution in [-0.4, -0.2) is 37.0 Å². The normalized spacial score (nSPS) is 16.5. The largest absolute Gasteiger partial charge is 0.342 e. The molecular formula is C16H32N2O. The first-order chi connectivity index (χ1) is 9.25. The summed E-state index contributed by atoms with van der Waals surface area (Å²) in [5.41, 5.74) is 0. The van der Waals surface area contributed by atoms with Gasteiger partial charge in [-0.05, 0) is 25.8 Å².